The van der Waals surface area contributed by atoms with E-state index in [1.807, 2.05) is 12.3 Å². The van der Waals surface area contributed by atoms with E-state index in [2.05, 4.69) is 5.32 Å². The third-order valence-electron chi connectivity index (χ3n) is 2.25. The zero-order valence-corrected chi connectivity index (χ0v) is 10.3. The van der Waals surface area contributed by atoms with Crippen LogP contribution in [0.2, 0.25) is 0 Å². The lowest BCUT2D eigenvalue weighted by Crippen LogP contribution is -2.13. The van der Waals surface area contributed by atoms with E-state index in [1.54, 1.807) is 23.9 Å². The third-order valence-corrected chi connectivity index (χ3v) is 4.33. The molecule has 0 aromatic heterocycles. The van der Waals surface area contributed by atoms with Crippen molar-refractivity contribution in [1.29, 1.82) is 0 Å². The summed E-state index contributed by atoms with van der Waals surface area (Å²) < 4.78 is 22.1. The van der Waals surface area contributed by atoms with Crippen LogP contribution in [0.5, 0.6) is 0 Å². The lowest BCUT2D eigenvalue weighted by molar-refractivity contribution is 0.597. The normalized spacial score (nSPS) is 20.4. The highest BCUT2D eigenvalue weighted by atomic mass is 32.2. The molecule has 1 aliphatic rings. The number of hydrogen-bond donors (Lipinski definition) is 2. The maximum atomic E-state index is 11.1. The van der Waals surface area contributed by atoms with E-state index in [-0.39, 0.29) is 10.3 Å². The van der Waals surface area contributed by atoms with Gasteiger partial charge in [-0.2, -0.15) is 0 Å². The Morgan fingerprint density at radius 3 is 2.38 bits per heavy atom. The van der Waals surface area contributed by atoms with Crippen molar-refractivity contribution in [2.75, 3.05) is 0 Å². The van der Waals surface area contributed by atoms with Crippen molar-refractivity contribution in [3.63, 3.8) is 0 Å². The van der Waals surface area contributed by atoms with E-state index in [1.165, 1.54) is 12.1 Å². The molecule has 6 heteroatoms. The number of nitrogens with two attached hydrogens (primary N) is 1. The molecule has 1 aromatic carbocycles. The van der Waals surface area contributed by atoms with Crippen LogP contribution in [0.15, 0.2) is 40.3 Å². The van der Waals surface area contributed by atoms with Crippen molar-refractivity contribution in [2.45, 2.75) is 17.2 Å². The molecule has 1 atom stereocenters. The summed E-state index contributed by atoms with van der Waals surface area (Å²) in [5.74, 6) is 0. The van der Waals surface area contributed by atoms with E-state index >= 15 is 0 Å². The summed E-state index contributed by atoms with van der Waals surface area (Å²) in [6.45, 7) is 1.99. The summed E-state index contributed by atoms with van der Waals surface area (Å²) >= 11 is 1.66. The first-order valence-electron chi connectivity index (χ1n) is 4.68. The Balaban J connectivity index is 2.21. The summed E-state index contributed by atoms with van der Waals surface area (Å²) in [6.07, 6.45) is 0. The standard InChI is InChI=1S/C10H12N2O2S2/c1-7-6-15-10(12-7)8-2-4-9(5-3-8)16(11,13)14/h2-6,10,12H,1H3,(H2,11,13,14). The molecule has 86 valence electrons. The number of rotatable bonds is 2. The molecule has 3 N–H and O–H groups in total. The second kappa shape index (κ2) is 4.12. The second-order valence-corrected chi connectivity index (χ2v) is 6.12. The molecule has 16 heavy (non-hydrogen) atoms. The number of nitrogens with one attached hydrogen (secondary N) is 1. The highest BCUT2D eigenvalue weighted by molar-refractivity contribution is 8.02. The minimum atomic E-state index is -3.59. The minimum Gasteiger partial charge on any atom is -0.372 e. The predicted molar refractivity (Wildman–Crippen MR) is 65.0 cm³/mol. The van der Waals surface area contributed by atoms with Crippen molar-refractivity contribution in [3.05, 3.63) is 40.9 Å². The fourth-order valence-corrected chi connectivity index (χ4v) is 2.93. The summed E-state index contributed by atoms with van der Waals surface area (Å²) in [6, 6.07) is 6.61. The van der Waals surface area contributed by atoms with Gasteiger partial charge in [0.1, 0.15) is 5.37 Å². The van der Waals surface area contributed by atoms with Gasteiger partial charge in [-0.15, -0.1) is 11.8 Å². The Labute approximate surface area is 99.0 Å². The van der Waals surface area contributed by atoms with Crippen molar-refractivity contribution >= 4 is 21.8 Å². The smallest absolute Gasteiger partial charge is 0.238 e. The molecular formula is C10H12N2O2S2. The monoisotopic (exact) mass is 256 g/mol. The average molecular weight is 256 g/mol. The van der Waals surface area contributed by atoms with Gasteiger partial charge in [0.25, 0.3) is 0 Å². The van der Waals surface area contributed by atoms with Crippen LogP contribution in [0.3, 0.4) is 0 Å². The van der Waals surface area contributed by atoms with Gasteiger partial charge >= 0.3 is 0 Å². The van der Waals surface area contributed by atoms with E-state index in [0.717, 1.165) is 11.3 Å². The van der Waals surface area contributed by atoms with Gasteiger partial charge in [-0.1, -0.05) is 12.1 Å². The lowest BCUT2D eigenvalue weighted by Gasteiger charge is -2.12. The molecule has 4 nitrogen and oxygen atoms in total. The van der Waals surface area contributed by atoms with E-state index in [4.69, 9.17) is 5.14 Å². The van der Waals surface area contributed by atoms with Crippen molar-refractivity contribution in [2.24, 2.45) is 5.14 Å². The summed E-state index contributed by atoms with van der Waals surface area (Å²) in [5.41, 5.74) is 2.15. The first-order valence-corrected chi connectivity index (χ1v) is 7.17. The molecule has 2 rings (SSSR count). The minimum absolute atomic E-state index is 0.143. The van der Waals surface area contributed by atoms with Crippen LogP contribution in [0.25, 0.3) is 0 Å². The summed E-state index contributed by atoms with van der Waals surface area (Å²) in [7, 11) is -3.59. The van der Waals surface area contributed by atoms with E-state index in [9.17, 15) is 8.42 Å². The first kappa shape index (κ1) is 11.5. The fourth-order valence-electron chi connectivity index (χ4n) is 1.44. The Bertz CT molecular complexity index is 520. The molecule has 0 spiro atoms. The first-order chi connectivity index (χ1) is 7.47. The Hall–Kier alpha value is -0.980. The molecule has 1 heterocycles. The summed E-state index contributed by atoms with van der Waals surface area (Å²) in [5, 5.41) is 10.5. The zero-order valence-electron chi connectivity index (χ0n) is 8.67. The number of benzene rings is 1. The average Bonchev–Trinajstić information content (AvgIpc) is 2.64. The SMILES string of the molecule is CC1=CSC(c2ccc(S(N)(=O)=O)cc2)N1. The lowest BCUT2D eigenvalue weighted by atomic mass is 10.2. The number of thioether (sulfide) groups is 1. The molecule has 1 aliphatic heterocycles. The molecule has 0 bridgehead atoms. The van der Waals surface area contributed by atoms with Crippen molar-refractivity contribution in [3.8, 4) is 0 Å². The molecule has 1 aromatic rings. The van der Waals surface area contributed by atoms with Crippen LogP contribution in [0, 0.1) is 0 Å². The molecule has 1 unspecified atom stereocenters. The van der Waals surface area contributed by atoms with Gasteiger partial charge in [0.05, 0.1) is 4.90 Å². The van der Waals surface area contributed by atoms with Crippen LogP contribution in [-0.2, 0) is 10.0 Å². The molecule has 0 saturated carbocycles. The van der Waals surface area contributed by atoms with Gasteiger partial charge in [0, 0.05) is 5.70 Å². The number of hydrogen-bond acceptors (Lipinski definition) is 4. The Kier molecular flexibility index (Phi) is 2.96. The maximum absolute atomic E-state index is 11.1. The van der Waals surface area contributed by atoms with Gasteiger partial charge in [0.2, 0.25) is 10.0 Å². The van der Waals surface area contributed by atoms with Gasteiger partial charge < -0.3 is 5.32 Å². The van der Waals surface area contributed by atoms with Crippen molar-refractivity contribution in [1.82, 2.24) is 5.32 Å². The fraction of sp³-hybridized carbons (Fsp3) is 0.200. The quantitative estimate of drug-likeness (QED) is 0.841. The Morgan fingerprint density at radius 2 is 1.94 bits per heavy atom. The molecule has 0 saturated heterocycles. The van der Waals surface area contributed by atoms with Crippen LogP contribution in [-0.4, -0.2) is 8.42 Å². The largest absolute Gasteiger partial charge is 0.372 e. The molecule has 0 fully saturated rings. The topological polar surface area (TPSA) is 72.2 Å². The number of sulfonamides is 1. The Morgan fingerprint density at radius 1 is 1.31 bits per heavy atom. The molecular weight excluding hydrogens is 244 g/mol. The van der Waals surface area contributed by atoms with Crippen LogP contribution < -0.4 is 10.5 Å². The van der Waals surface area contributed by atoms with Crippen molar-refractivity contribution < 1.29 is 8.42 Å². The van der Waals surface area contributed by atoms with Crippen LogP contribution in [0.1, 0.15) is 17.9 Å². The van der Waals surface area contributed by atoms with Crippen LogP contribution in [0.4, 0.5) is 0 Å². The second-order valence-electron chi connectivity index (χ2n) is 3.58. The van der Waals surface area contributed by atoms with Gasteiger partial charge in [-0.05, 0) is 30.0 Å². The highest BCUT2D eigenvalue weighted by Crippen LogP contribution is 2.33. The van der Waals surface area contributed by atoms with Gasteiger partial charge in [0.15, 0.2) is 0 Å². The molecule has 0 aliphatic carbocycles. The summed E-state index contributed by atoms with van der Waals surface area (Å²) in [4.78, 5) is 0.143. The van der Waals surface area contributed by atoms with E-state index < -0.39 is 10.0 Å². The maximum Gasteiger partial charge on any atom is 0.238 e. The zero-order chi connectivity index (χ0) is 11.8. The number of primary sulfonamides is 1. The van der Waals surface area contributed by atoms with E-state index in [0.29, 0.717) is 0 Å². The van der Waals surface area contributed by atoms with Gasteiger partial charge in [-0.3, -0.25) is 0 Å². The third kappa shape index (κ3) is 2.40. The van der Waals surface area contributed by atoms with Gasteiger partial charge in [-0.25, -0.2) is 13.6 Å². The number of allylic oxidation sites excluding steroid dienone is 1. The molecule has 0 amide bonds. The van der Waals surface area contributed by atoms with Crippen LogP contribution >= 0.6 is 11.8 Å². The predicted octanol–water partition coefficient (Wildman–Crippen LogP) is 1.53. The molecule has 0 radical (unpaired) electrons. The highest BCUT2D eigenvalue weighted by Gasteiger charge is 2.16.